The Morgan fingerprint density at radius 2 is 1.63 bits per heavy atom. The van der Waals surface area contributed by atoms with Gasteiger partial charge in [-0.1, -0.05) is 6.07 Å². The molecule has 30 heavy (non-hydrogen) atoms. The van der Waals surface area contributed by atoms with Gasteiger partial charge in [-0.15, -0.1) is 0 Å². The Kier molecular flexibility index (Phi) is 6.06. The van der Waals surface area contributed by atoms with Crippen LogP contribution >= 0.6 is 0 Å². The molecule has 0 aliphatic rings. The molecule has 158 valence electrons. The van der Waals surface area contributed by atoms with Crippen LogP contribution in [0.15, 0.2) is 36.4 Å². The van der Waals surface area contributed by atoms with E-state index in [0.717, 1.165) is 24.3 Å². The third-order valence-corrected chi connectivity index (χ3v) is 3.58. The number of nitrogens with one attached hydrogen (secondary N) is 2. The minimum atomic E-state index is -4.67. The van der Waals surface area contributed by atoms with Gasteiger partial charge in [0.2, 0.25) is 11.9 Å². The summed E-state index contributed by atoms with van der Waals surface area (Å²) in [4.78, 5) is 15.5. The first kappa shape index (κ1) is 21.3. The van der Waals surface area contributed by atoms with Crippen LogP contribution in [0.25, 0.3) is 11.5 Å². The smallest absolute Gasteiger partial charge is 0.392 e. The van der Waals surface area contributed by atoms with Crippen molar-refractivity contribution in [2.75, 3.05) is 17.2 Å². The first-order valence-electron chi connectivity index (χ1n) is 8.56. The number of aromatic nitrogens is 4. The molecule has 1 unspecified atom stereocenters. The van der Waals surface area contributed by atoms with Gasteiger partial charge in [-0.2, -0.15) is 28.1 Å². The lowest BCUT2D eigenvalue weighted by Gasteiger charge is -2.12. The molecule has 7 nitrogen and oxygen atoms in total. The number of pyridine rings is 1. The van der Waals surface area contributed by atoms with Gasteiger partial charge in [0.25, 0.3) is 0 Å². The second kappa shape index (κ2) is 8.53. The zero-order valence-corrected chi connectivity index (χ0v) is 15.4. The van der Waals surface area contributed by atoms with Crippen LogP contribution in [0.2, 0.25) is 0 Å². The van der Waals surface area contributed by atoms with Gasteiger partial charge >= 0.3 is 6.18 Å². The molecule has 0 aliphatic heterocycles. The molecule has 0 fully saturated rings. The second-order valence-electron chi connectivity index (χ2n) is 6.23. The summed E-state index contributed by atoms with van der Waals surface area (Å²) >= 11 is 0. The molecule has 0 radical (unpaired) electrons. The fraction of sp³-hybridized carbons (Fsp3) is 0.222. The van der Waals surface area contributed by atoms with E-state index in [1.807, 2.05) is 0 Å². The largest absolute Gasteiger partial charge is 0.433 e. The van der Waals surface area contributed by atoms with Gasteiger partial charge in [-0.3, -0.25) is 0 Å². The van der Waals surface area contributed by atoms with Crippen LogP contribution in [0, 0.1) is 11.6 Å². The summed E-state index contributed by atoms with van der Waals surface area (Å²) in [7, 11) is 0. The molecule has 1 aromatic carbocycles. The first-order valence-corrected chi connectivity index (χ1v) is 8.56. The Morgan fingerprint density at radius 1 is 0.967 bits per heavy atom. The molecule has 2 aromatic heterocycles. The number of alkyl halides is 3. The Labute approximate surface area is 167 Å². The summed E-state index contributed by atoms with van der Waals surface area (Å²) < 4.78 is 65.8. The van der Waals surface area contributed by atoms with Crippen LogP contribution in [-0.2, 0) is 6.18 Å². The normalized spacial score (nSPS) is 12.5. The topological polar surface area (TPSA) is 95.8 Å². The Morgan fingerprint density at radius 3 is 2.27 bits per heavy atom. The highest BCUT2D eigenvalue weighted by molar-refractivity contribution is 5.59. The highest BCUT2D eigenvalue weighted by Crippen LogP contribution is 2.29. The van der Waals surface area contributed by atoms with Crippen LogP contribution in [-0.4, -0.2) is 37.7 Å². The fourth-order valence-electron chi connectivity index (χ4n) is 2.34. The lowest BCUT2D eigenvalue weighted by Crippen LogP contribution is -2.18. The minimum Gasteiger partial charge on any atom is -0.392 e. The monoisotopic (exact) mass is 426 g/mol. The maximum atomic E-state index is 13.4. The van der Waals surface area contributed by atoms with Crippen molar-refractivity contribution in [2.24, 2.45) is 0 Å². The van der Waals surface area contributed by atoms with Gasteiger partial charge in [0.1, 0.15) is 23.0 Å². The summed E-state index contributed by atoms with van der Waals surface area (Å²) in [5.41, 5.74) is -1.36. The maximum absolute atomic E-state index is 13.4. The van der Waals surface area contributed by atoms with E-state index in [1.54, 1.807) is 0 Å². The highest BCUT2D eigenvalue weighted by atomic mass is 19.4. The molecule has 3 rings (SSSR count). The molecule has 0 saturated carbocycles. The maximum Gasteiger partial charge on any atom is 0.433 e. The van der Waals surface area contributed by atoms with E-state index in [0.29, 0.717) is 6.07 Å². The molecule has 0 saturated heterocycles. The van der Waals surface area contributed by atoms with Crippen LogP contribution in [0.5, 0.6) is 0 Å². The molecule has 0 spiro atoms. The molecular weight excluding hydrogens is 411 g/mol. The van der Waals surface area contributed by atoms with Crippen molar-refractivity contribution < 1.29 is 27.1 Å². The van der Waals surface area contributed by atoms with E-state index in [4.69, 9.17) is 0 Å². The predicted molar refractivity (Wildman–Crippen MR) is 97.9 cm³/mol. The summed E-state index contributed by atoms with van der Waals surface area (Å²) in [5, 5.41) is 14.7. The van der Waals surface area contributed by atoms with E-state index >= 15 is 0 Å². The van der Waals surface area contributed by atoms with Crippen LogP contribution in [0.4, 0.5) is 39.5 Å². The van der Waals surface area contributed by atoms with Crippen LogP contribution < -0.4 is 10.6 Å². The average molecular weight is 426 g/mol. The molecule has 0 amide bonds. The van der Waals surface area contributed by atoms with E-state index < -0.39 is 29.6 Å². The van der Waals surface area contributed by atoms with Gasteiger partial charge < -0.3 is 15.7 Å². The Balaban J connectivity index is 2.02. The molecule has 3 aromatic rings. The lowest BCUT2D eigenvalue weighted by molar-refractivity contribution is -0.141. The number of aliphatic hydroxyl groups is 1. The van der Waals surface area contributed by atoms with Crippen molar-refractivity contribution in [3.05, 3.63) is 53.7 Å². The standard InChI is InChI=1S/C18H15F5N6O/c1-9(30)8-24-16-27-15(13-3-2-4-14(26-13)18(21,22)23)28-17(29-16)25-12-6-10(19)5-11(20)7-12/h2-7,9,30H,8H2,1H3,(H2,24,25,27,28,29). The lowest BCUT2D eigenvalue weighted by atomic mass is 10.3. The van der Waals surface area contributed by atoms with Crippen molar-refractivity contribution in [1.82, 2.24) is 19.9 Å². The first-order chi connectivity index (χ1) is 14.1. The SMILES string of the molecule is CC(O)CNc1nc(Nc2cc(F)cc(F)c2)nc(-c2cccc(C(F)(F)F)n2)n1. The summed E-state index contributed by atoms with van der Waals surface area (Å²) in [6, 6.07) is 5.86. The fourth-order valence-corrected chi connectivity index (χ4v) is 2.34. The quantitative estimate of drug-likeness (QED) is 0.517. The van der Waals surface area contributed by atoms with Crippen molar-refractivity contribution in [3.8, 4) is 11.5 Å². The number of anilines is 3. The van der Waals surface area contributed by atoms with Crippen molar-refractivity contribution in [1.29, 1.82) is 0 Å². The van der Waals surface area contributed by atoms with Crippen LogP contribution in [0.3, 0.4) is 0 Å². The number of benzene rings is 1. The summed E-state index contributed by atoms with van der Waals surface area (Å²) in [6.45, 7) is 1.53. The Bertz CT molecular complexity index is 1020. The molecule has 3 N–H and O–H groups in total. The summed E-state index contributed by atoms with van der Waals surface area (Å²) in [5.74, 6) is -2.20. The van der Waals surface area contributed by atoms with E-state index in [-0.39, 0.29) is 35.6 Å². The van der Waals surface area contributed by atoms with Gasteiger partial charge in [-0.05, 0) is 31.2 Å². The van der Waals surface area contributed by atoms with E-state index in [2.05, 4.69) is 30.6 Å². The number of hydrogen-bond acceptors (Lipinski definition) is 7. The highest BCUT2D eigenvalue weighted by Gasteiger charge is 2.32. The third-order valence-electron chi connectivity index (χ3n) is 3.58. The van der Waals surface area contributed by atoms with E-state index in [9.17, 15) is 27.1 Å². The molecular formula is C18H15F5N6O. The molecule has 0 aliphatic carbocycles. The summed E-state index contributed by atoms with van der Waals surface area (Å²) in [6.07, 6.45) is -5.44. The van der Waals surface area contributed by atoms with E-state index in [1.165, 1.54) is 13.0 Å². The molecule has 2 heterocycles. The predicted octanol–water partition coefficient (Wildman–Crippen LogP) is 3.77. The molecule has 12 heteroatoms. The van der Waals surface area contributed by atoms with Crippen molar-refractivity contribution in [2.45, 2.75) is 19.2 Å². The number of hydrogen-bond donors (Lipinski definition) is 3. The number of aliphatic hydroxyl groups excluding tert-OH is 1. The Hall–Kier alpha value is -3.41. The van der Waals surface area contributed by atoms with Crippen molar-refractivity contribution >= 4 is 17.6 Å². The molecule has 1 atom stereocenters. The third kappa shape index (κ3) is 5.56. The van der Waals surface area contributed by atoms with Gasteiger partial charge in [-0.25, -0.2) is 13.8 Å². The average Bonchev–Trinajstić information content (AvgIpc) is 2.65. The second-order valence-corrected chi connectivity index (χ2v) is 6.23. The van der Waals surface area contributed by atoms with Gasteiger partial charge in [0.05, 0.1) is 6.10 Å². The minimum absolute atomic E-state index is 0.0249. The zero-order valence-electron chi connectivity index (χ0n) is 15.4. The number of rotatable bonds is 6. The zero-order chi connectivity index (χ0) is 21.9. The van der Waals surface area contributed by atoms with Gasteiger partial charge in [0, 0.05) is 18.3 Å². The van der Waals surface area contributed by atoms with Crippen LogP contribution in [0.1, 0.15) is 12.6 Å². The number of halogens is 5. The van der Waals surface area contributed by atoms with Gasteiger partial charge in [0.15, 0.2) is 5.82 Å². The van der Waals surface area contributed by atoms with Crippen molar-refractivity contribution in [3.63, 3.8) is 0 Å². The molecule has 0 bridgehead atoms. The number of nitrogens with zero attached hydrogens (tertiary/aromatic N) is 4.